The lowest BCUT2D eigenvalue weighted by Crippen LogP contribution is -2.37. The highest BCUT2D eigenvalue weighted by atomic mass is 16.5. The Morgan fingerprint density at radius 2 is 1.57 bits per heavy atom. The van der Waals surface area contributed by atoms with Crippen LogP contribution >= 0.6 is 0 Å². The molecule has 142 valence electrons. The van der Waals surface area contributed by atoms with E-state index in [9.17, 15) is 9.59 Å². The van der Waals surface area contributed by atoms with Crippen molar-refractivity contribution in [3.63, 3.8) is 0 Å². The zero-order chi connectivity index (χ0) is 19.7. The smallest absolute Gasteiger partial charge is 0.315 e. The zero-order valence-corrected chi connectivity index (χ0v) is 16.1. The van der Waals surface area contributed by atoms with Gasteiger partial charge in [0, 0.05) is 29.3 Å². The molecule has 0 amide bonds. The van der Waals surface area contributed by atoms with Gasteiger partial charge in [-0.05, 0) is 30.4 Å². The third-order valence-corrected chi connectivity index (χ3v) is 5.77. The zero-order valence-electron chi connectivity index (χ0n) is 16.1. The Hall–Kier alpha value is -3.01. The quantitative estimate of drug-likeness (QED) is 0.748. The second-order valence-electron chi connectivity index (χ2n) is 7.44. The summed E-state index contributed by atoms with van der Waals surface area (Å²) < 4.78 is 5.06. The lowest BCUT2D eigenvalue weighted by atomic mass is 9.69. The fraction of sp³-hybridized carbons (Fsp3) is 0.292. The molecule has 4 heteroatoms. The van der Waals surface area contributed by atoms with Crippen LogP contribution in [0.3, 0.4) is 0 Å². The van der Waals surface area contributed by atoms with Crippen LogP contribution in [0, 0.1) is 5.92 Å². The summed E-state index contributed by atoms with van der Waals surface area (Å²) in [4.78, 5) is 30.6. The molecule has 0 fully saturated rings. The highest BCUT2D eigenvalue weighted by Gasteiger charge is 2.44. The van der Waals surface area contributed by atoms with E-state index in [-0.39, 0.29) is 23.6 Å². The lowest BCUT2D eigenvalue weighted by molar-refractivity contribution is -0.143. The third kappa shape index (κ3) is 3.19. The van der Waals surface area contributed by atoms with Crippen LogP contribution in [0.2, 0.25) is 0 Å². The Labute approximate surface area is 164 Å². The van der Waals surface area contributed by atoms with Gasteiger partial charge in [-0.3, -0.25) is 14.6 Å². The molecule has 1 aliphatic heterocycles. The number of carbonyl (C=O) groups excluding carboxylic acids is 2. The number of esters is 1. The Bertz CT molecular complexity index is 960. The first-order chi connectivity index (χ1) is 13.6. The molecule has 0 aromatic heterocycles. The summed E-state index contributed by atoms with van der Waals surface area (Å²) in [7, 11) is 1.38. The molecular weight excluding hydrogens is 350 g/mol. The SMILES string of the molecule is COC(=O)C1C(C)=NC2=C(C(=O)C[C@H](c3ccccc3)C2)[C@H]1c1ccccc1. The first-order valence-electron chi connectivity index (χ1n) is 9.59. The van der Waals surface area contributed by atoms with E-state index in [0.29, 0.717) is 24.1 Å². The molecule has 0 radical (unpaired) electrons. The second kappa shape index (κ2) is 7.55. The number of ether oxygens (including phenoxy) is 1. The van der Waals surface area contributed by atoms with Crippen molar-refractivity contribution in [3.05, 3.63) is 83.1 Å². The average molecular weight is 373 g/mol. The van der Waals surface area contributed by atoms with Gasteiger partial charge in [-0.2, -0.15) is 0 Å². The lowest BCUT2D eigenvalue weighted by Gasteiger charge is -2.36. The van der Waals surface area contributed by atoms with Gasteiger partial charge >= 0.3 is 5.97 Å². The number of carbonyl (C=O) groups is 2. The molecule has 28 heavy (non-hydrogen) atoms. The molecule has 2 aromatic carbocycles. The van der Waals surface area contributed by atoms with Crippen LogP contribution in [0.1, 0.15) is 42.7 Å². The van der Waals surface area contributed by atoms with Crippen molar-refractivity contribution in [1.82, 2.24) is 0 Å². The van der Waals surface area contributed by atoms with Crippen molar-refractivity contribution < 1.29 is 14.3 Å². The number of benzene rings is 2. The van der Waals surface area contributed by atoms with E-state index < -0.39 is 5.92 Å². The number of hydrogen-bond acceptors (Lipinski definition) is 4. The maximum absolute atomic E-state index is 13.3. The van der Waals surface area contributed by atoms with Gasteiger partial charge in [0.25, 0.3) is 0 Å². The van der Waals surface area contributed by atoms with Gasteiger partial charge in [0.15, 0.2) is 5.78 Å². The molecule has 4 nitrogen and oxygen atoms in total. The number of Topliss-reactive ketones (excluding diaryl/α,β-unsaturated/α-hetero) is 1. The molecule has 1 unspecified atom stereocenters. The van der Waals surface area contributed by atoms with Crippen LogP contribution in [0.25, 0.3) is 0 Å². The minimum absolute atomic E-state index is 0.0779. The highest BCUT2D eigenvalue weighted by molar-refractivity contribution is 6.09. The van der Waals surface area contributed by atoms with E-state index in [1.165, 1.54) is 7.11 Å². The first-order valence-corrected chi connectivity index (χ1v) is 9.59. The van der Waals surface area contributed by atoms with E-state index in [1.807, 2.05) is 55.5 Å². The topological polar surface area (TPSA) is 55.7 Å². The summed E-state index contributed by atoms with van der Waals surface area (Å²) in [5.41, 5.74) is 4.31. The molecule has 1 heterocycles. The van der Waals surface area contributed by atoms with Gasteiger partial charge in [-0.1, -0.05) is 60.7 Å². The number of hydrogen-bond donors (Lipinski definition) is 0. The van der Waals surface area contributed by atoms with Gasteiger partial charge in [-0.25, -0.2) is 0 Å². The van der Waals surface area contributed by atoms with Gasteiger partial charge in [0.1, 0.15) is 5.92 Å². The molecule has 0 saturated heterocycles. The predicted octanol–water partition coefficient (Wildman–Crippen LogP) is 4.43. The Balaban J connectivity index is 1.81. The maximum Gasteiger partial charge on any atom is 0.315 e. The molecule has 0 N–H and O–H groups in total. The Kier molecular flexibility index (Phi) is 4.95. The third-order valence-electron chi connectivity index (χ3n) is 5.77. The van der Waals surface area contributed by atoms with Crippen molar-refractivity contribution in [2.45, 2.75) is 31.6 Å². The molecule has 2 aliphatic rings. The van der Waals surface area contributed by atoms with Crippen LogP contribution in [0.4, 0.5) is 0 Å². The summed E-state index contributed by atoms with van der Waals surface area (Å²) in [6, 6.07) is 19.9. The number of ketones is 1. The molecule has 4 rings (SSSR count). The van der Waals surface area contributed by atoms with Gasteiger partial charge in [0.2, 0.25) is 0 Å². The van der Waals surface area contributed by atoms with E-state index in [4.69, 9.17) is 9.73 Å². The summed E-state index contributed by atoms with van der Waals surface area (Å²) >= 11 is 0. The van der Waals surface area contributed by atoms with Crippen molar-refractivity contribution in [3.8, 4) is 0 Å². The molecule has 0 bridgehead atoms. The van der Waals surface area contributed by atoms with E-state index in [0.717, 1.165) is 16.8 Å². The number of nitrogens with zero attached hydrogens (tertiary/aromatic N) is 1. The summed E-state index contributed by atoms with van der Waals surface area (Å²) in [6.07, 6.45) is 1.15. The predicted molar refractivity (Wildman–Crippen MR) is 108 cm³/mol. The van der Waals surface area contributed by atoms with Gasteiger partial charge < -0.3 is 4.74 Å². The largest absolute Gasteiger partial charge is 0.468 e. The van der Waals surface area contributed by atoms with Gasteiger partial charge in [0.05, 0.1) is 7.11 Å². The highest BCUT2D eigenvalue weighted by Crippen LogP contribution is 2.46. The molecule has 1 aliphatic carbocycles. The fourth-order valence-electron chi connectivity index (χ4n) is 4.47. The summed E-state index contributed by atoms with van der Waals surface area (Å²) in [5.74, 6) is -1.06. The summed E-state index contributed by atoms with van der Waals surface area (Å²) in [6.45, 7) is 1.86. The summed E-state index contributed by atoms with van der Waals surface area (Å²) in [5, 5.41) is 0. The molecular formula is C24H23NO3. The van der Waals surface area contributed by atoms with Crippen LogP contribution < -0.4 is 0 Å². The van der Waals surface area contributed by atoms with E-state index in [1.54, 1.807) is 0 Å². The second-order valence-corrected chi connectivity index (χ2v) is 7.44. The van der Waals surface area contributed by atoms with E-state index >= 15 is 0 Å². The van der Waals surface area contributed by atoms with Crippen molar-refractivity contribution in [2.24, 2.45) is 10.9 Å². The Morgan fingerprint density at radius 1 is 0.964 bits per heavy atom. The number of rotatable bonds is 3. The molecule has 0 spiro atoms. The fourth-order valence-corrected chi connectivity index (χ4v) is 4.47. The monoisotopic (exact) mass is 373 g/mol. The first kappa shape index (κ1) is 18.4. The molecule has 2 aromatic rings. The van der Waals surface area contributed by atoms with Crippen molar-refractivity contribution in [1.29, 1.82) is 0 Å². The van der Waals surface area contributed by atoms with Gasteiger partial charge in [-0.15, -0.1) is 0 Å². The van der Waals surface area contributed by atoms with Crippen LogP contribution in [0.5, 0.6) is 0 Å². The number of methoxy groups -OCH3 is 1. The maximum atomic E-state index is 13.3. The van der Waals surface area contributed by atoms with Crippen LogP contribution in [0.15, 0.2) is 76.9 Å². The average Bonchev–Trinajstić information content (AvgIpc) is 2.73. The minimum atomic E-state index is -0.566. The normalized spacial score (nSPS) is 24.4. The number of allylic oxidation sites excluding steroid dienone is 2. The molecule has 3 atom stereocenters. The number of aliphatic imine (C=N–C) groups is 1. The van der Waals surface area contributed by atoms with E-state index in [2.05, 4.69) is 12.1 Å². The van der Waals surface area contributed by atoms with Crippen molar-refractivity contribution >= 4 is 17.5 Å². The van der Waals surface area contributed by atoms with Crippen LogP contribution in [-0.4, -0.2) is 24.6 Å². The van der Waals surface area contributed by atoms with Crippen molar-refractivity contribution in [2.75, 3.05) is 7.11 Å². The van der Waals surface area contributed by atoms with Crippen LogP contribution in [-0.2, 0) is 14.3 Å². The Morgan fingerprint density at radius 3 is 2.18 bits per heavy atom. The molecule has 0 saturated carbocycles. The standard InChI is InChI=1S/C24H23NO3/c1-15-21(24(27)28-2)22(17-11-7-4-8-12-17)23-19(25-15)13-18(14-20(23)26)16-9-5-3-6-10-16/h3-12,18,21-22H,13-14H2,1-2H3/t18-,21?,22+/m1/s1. The minimum Gasteiger partial charge on any atom is -0.468 e.